The minimum Gasteiger partial charge on any atom is -0.497 e. The van der Waals surface area contributed by atoms with Gasteiger partial charge in [0.15, 0.2) is 5.69 Å². The maximum Gasteiger partial charge on any atom is 0.435 e. The summed E-state index contributed by atoms with van der Waals surface area (Å²) in [6, 6.07) is 6.54. The van der Waals surface area contributed by atoms with Crippen LogP contribution in [0.3, 0.4) is 0 Å². The van der Waals surface area contributed by atoms with Gasteiger partial charge in [0, 0.05) is 5.56 Å². The van der Waals surface area contributed by atoms with Crippen LogP contribution in [0.5, 0.6) is 5.75 Å². The van der Waals surface area contributed by atoms with Gasteiger partial charge in [-0.05, 0) is 17.7 Å². The molecule has 0 unspecified atom stereocenters. The first-order valence-electron chi connectivity index (χ1n) is 6.97. The van der Waals surface area contributed by atoms with Crippen molar-refractivity contribution < 1.29 is 27.5 Å². The molecule has 0 spiro atoms. The highest BCUT2D eigenvalue weighted by Gasteiger charge is 2.39. The Balaban J connectivity index is 2.57. The van der Waals surface area contributed by atoms with Crippen molar-refractivity contribution in [2.75, 3.05) is 7.11 Å². The van der Waals surface area contributed by atoms with Crippen molar-refractivity contribution in [1.29, 1.82) is 0 Å². The number of rotatable bonds is 6. The lowest BCUT2D eigenvalue weighted by molar-refractivity contribution is -0.141. The van der Waals surface area contributed by atoms with E-state index in [4.69, 9.17) is 10.3 Å². The predicted octanol–water partition coefficient (Wildman–Crippen LogP) is 3.09. The summed E-state index contributed by atoms with van der Waals surface area (Å²) in [5, 5.41) is 3.52. The van der Waals surface area contributed by atoms with Gasteiger partial charge in [-0.25, -0.2) is 0 Å². The maximum absolute atomic E-state index is 13.2. The van der Waals surface area contributed by atoms with Crippen molar-refractivity contribution in [3.05, 3.63) is 58.9 Å². The Hall–Kier alpha value is -3.19. The molecule has 0 radical (unpaired) electrons. The number of carbonyl (C=O) groups is 1. The minimum absolute atomic E-state index is 0.0960. The first-order valence-corrected chi connectivity index (χ1v) is 6.97. The van der Waals surface area contributed by atoms with Gasteiger partial charge in [-0.3, -0.25) is 9.48 Å². The third-order valence-electron chi connectivity index (χ3n) is 3.36. The number of hydrogen-bond acceptors (Lipinski definition) is 3. The first kappa shape index (κ1) is 18.2. The molecule has 130 valence electrons. The van der Waals surface area contributed by atoms with E-state index in [1.807, 2.05) is 0 Å². The second-order valence-corrected chi connectivity index (χ2v) is 4.93. The number of hydrogen-bond donors (Lipinski definition) is 0. The highest BCUT2D eigenvalue weighted by atomic mass is 19.4. The number of methoxy groups -OCH3 is 1. The van der Waals surface area contributed by atoms with Crippen molar-refractivity contribution in [2.24, 2.45) is 0 Å². The average molecular weight is 350 g/mol. The zero-order chi connectivity index (χ0) is 18.6. The summed E-state index contributed by atoms with van der Waals surface area (Å²) in [6.45, 7) is 3.23. The van der Waals surface area contributed by atoms with Crippen LogP contribution in [0, 0.1) is 0 Å². The van der Waals surface area contributed by atoms with Crippen LogP contribution >= 0.6 is 0 Å². The van der Waals surface area contributed by atoms with Crippen molar-refractivity contribution in [3.63, 3.8) is 0 Å². The maximum atomic E-state index is 13.2. The molecule has 0 aliphatic rings. The van der Waals surface area contributed by atoms with Gasteiger partial charge in [-0.1, -0.05) is 24.8 Å². The van der Waals surface area contributed by atoms with Crippen molar-refractivity contribution in [1.82, 2.24) is 9.78 Å². The summed E-state index contributed by atoms with van der Waals surface area (Å²) in [6.07, 6.45) is -3.35. The number of nitrogens with zero attached hydrogens (tertiary/aromatic N) is 4. The Morgan fingerprint density at radius 3 is 2.52 bits per heavy atom. The summed E-state index contributed by atoms with van der Waals surface area (Å²) >= 11 is 0. The molecule has 0 aliphatic heterocycles. The van der Waals surface area contributed by atoms with Gasteiger partial charge >= 0.3 is 12.4 Å². The molecule has 0 saturated carbocycles. The van der Waals surface area contributed by atoms with Crippen LogP contribution in [-0.2, 0) is 12.7 Å². The minimum atomic E-state index is -4.76. The normalized spacial score (nSPS) is 10.9. The van der Waals surface area contributed by atoms with E-state index >= 15 is 0 Å². The summed E-state index contributed by atoms with van der Waals surface area (Å²) in [4.78, 5) is 14.7. The van der Waals surface area contributed by atoms with E-state index in [0.717, 1.165) is 10.8 Å². The van der Waals surface area contributed by atoms with Gasteiger partial charge in [-0.2, -0.15) is 23.1 Å². The molecule has 0 fully saturated rings. The fourth-order valence-corrected chi connectivity index (χ4v) is 2.27. The monoisotopic (exact) mass is 350 g/mol. The Labute approximate surface area is 140 Å². The van der Waals surface area contributed by atoms with Crippen molar-refractivity contribution in [2.45, 2.75) is 12.7 Å². The number of benzene rings is 1. The summed E-state index contributed by atoms with van der Waals surface area (Å²) in [7, 11) is 1.49. The molecule has 25 heavy (non-hydrogen) atoms. The van der Waals surface area contributed by atoms with Crippen LogP contribution in [0.15, 0.2) is 30.8 Å². The lowest BCUT2D eigenvalue weighted by atomic mass is 10.1. The predicted molar refractivity (Wildman–Crippen MR) is 83.4 cm³/mol. The topological polar surface area (TPSA) is 80.5 Å². The van der Waals surface area contributed by atoms with Gasteiger partial charge in [0.2, 0.25) is 0 Å². The highest BCUT2D eigenvalue weighted by Crippen LogP contribution is 2.33. The highest BCUT2D eigenvalue weighted by molar-refractivity contribution is 6.33. The number of aromatic nitrogens is 2. The molecule has 0 atom stereocenters. The zero-order valence-electron chi connectivity index (χ0n) is 13.1. The number of ether oxygens (including phenoxy) is 1. The average Bonchev–Trinajstić information content (AvgIpc) is 2.94. The quantitative estimate of drug-likeness (QED) is 0.347. The smallest absolute Gasteiger partial charge is 0.435 e. The van der Waals surface area contributed by atoms with E-state index in [1.54, 1.807) is 24.3 Å². The molecule has 1 aromatic heterocycles. The first-order chi connectivity index (χ1) is 11.8. The van der Waals surface area contributed by atoms with Crippen LogP contribution in [0.4, 0.5) is 13.2 Å². The standard InChI is InChI=1S/C16H13F3N4O2/c1-3-12-14(13(24)8-21-20)23(22-15(12)16(17,18)19)9-10-4-6-11(25-2)7-5-10/h3-8H,1,9H2,2H3. The number of alkyl halides is 3. The van der Waals surface area contributed by atoms with E-state index < -0.39 is 23.2 Å². The molecule has 6 nitrogen and oxygen atoms in total. The molecule has 0 saturated heterocycles. The van der Waals surface area contributed by atoms with Crippen LogP contribution < -0.4 is 4.74 Å². The van der Waals surface area contributed by atoms with Crippen molar-refractivity contribution >= 4 is 18.1 Å². The summed E-state index contributed by atoms with van der Waals surface area (Å²) < 4.78 is 45.5. The fraction of sp³-hybridized carbons (Fsp3) is 0.188. The zero-order valence-corrected chi connectivity index (χ0v) is 13.1. The molecular weight excluding hydrogens is 337 g/mol. The number of Topliss-reactive ketones (excluding diaryl/α,β-unsaturated/α-hetero) is 1. The van der Waals surface area contributed by atoms with Crippen LogP contribution in [-0.4, -0.2) is 33.7 Å². The Morgan fingerprint density at radius 2 is 2.04 bits per heavy atom. The van der Waals surface area contributed by atoms with E-state index in [0.29, 0.717) is 17.5 Å². The molecule has 9 heteroatoms. The molecule has 0 bridgehead atoms. The van der Waals surface area contributed by atoms with Crippen LogP contribution in [0.25, 0.3) is 11.6 Å². The Bertz CT molecular complexity index is 848. The van der Waals surface area contributed by atoms with Gasteiger partial charge in [0.1, 0.15) is 11.4 Å². The molecule has 2 rings (SSSR count). The Kier molecular flexibility index (Phi) is 5.19. The molecule has 1 aromatic carbocycles. The van der Waals surface area contributed by atoms with Gasteiger partial charge < -0.3 is 10.3 Å². The van der Waals surface area contributed by atoms with Crippen molar-refractivity contribution in [3.8, 4) is 5.75 Å². The van der Waals surface area contributed by atoms with Crippen LogP contribution in [0.1, 0.15) is 27.3 Å². The largest absolute Gasteiger partial charge is 0.497 e. The lowest BCUT2D eigenvalue weighted by Crippen LogP contribution is -2.13. The number of halogens is 3. The molecular formula is C16H13F3N4O2. The number of carbonyl (C=O) groups excluding carboxylic acids is 1. The molecule has 2 aromatic rings. The second kappa shape index (κ2) is 7.14. The molecule has 1 heterocycles. The number of ketones is 1. The fourth-order valence-electron chi connectivity index (χ4n) is 2.27. The van der Waals surface area contributed by atoms with E-state index in [9.17, 15) is 18.0 Å². The Morgan fingerprint density at radius 1 is 1.40 bits per heavy atom. The third-order valence-corrected chi connectivity index (χ3v) is 3.36. The lowest BCUT2D eigenvalue weighted by Gasteiger charge is -2.06. The molecule has 0 amide bonds. The SMILES string of the molecule is C=Cc1c(C(F)(F)F)nn(Cc2ccc(OC)cc2)c1C(=O)C=[N+]=[N-]. The second-order valence-electron chi connectivity index (χ2n) is 4.93. The molecule has 0 aliphatic carbocycles. The van der Waals surface area contributed by atoms with Gasteiger partial charge in [-0.15, -0.1) is 0 Å². The van der Waals surface area contributed by atoms with E-state index in [1.165, 1.54) is 7.11 Å². The molecule has 0 N–H and O–H groups in total. The van der Waals surface area contributed by atoms with E-state index in [-0.39, 0.29) is 12.2 Å². The summed E-state index contributed by atoms with van der Waals surface area (Å²) in [5.74, 6) is -0.343. The van der Waals surface area contributed by atoms with Gasteiger partial charge in [0.05, 0.1) is 13.7 Å². The van der Waals surface area contributed by atoms with Gasteiger partial charge in [0.25, 0.3) is 5.78 Å². The van der Waals surface area contributed by atoms with Crippen LogP contribution in [0.2, 0.25) is 0 Å². The third kappa shape index (κ3) is 3.84. The van der Waals surface area contributed by atoms with E-state index in [2.05, 4.69) is 16.5 Å². The summed E-state index contributed by atoms with van der Waals surface area (Å²) in [5.41, 5.74) is 7.06.